The topological polar surface area (TPSA) is 75.7 Å². The first-order valence-electron chi connectivity index (χ1n) is 9.02. The normalized spacial score (nSPS) is 17.6. The number of sulfonamides is 1. The van der Waals surface area contributed by atoms with Crippen LogP contribution in [0.3, 0.4) is 0 Å². The first kappa shape index (κ1) is 19.4. The molecule has 27 heavy (non-hydrogen) atoms. The average Bonchev–Trinajstić information content (AvgIpc) is 2.68. The summed E-state index contributed by atoms with van der Waals surface area (Å²) >= 11 is 0. The maximum absolute atomic E-state index is 12.6. The zero-order valence-corrected chi connectivity index (χ0v) is 16.3. The molecule has 1 aliphatic heterocycles. The number of carbonyl (C=O) groups is 1. The van der Waals surface area contributed by atoms with Crippen molar-refractivity contribution < 1.29 is 17.9 Å². The van der Waals surface area contributed by atoms with E-state index in [0.29, 0.717) is 30.9 Å². The highest BCUT2D eigenvalue weighted by Crippen LogP contribution is 2.19. The van der Waals surface area contributed by atoms with Crippen molar-refractivity contribution in [3.8, 4) is 0 Å². The van der Waals surface area contributed by atoms with E-state index in [1.807, 2.05) is 13.8 Å². The number of hydrogen-bond acceptors (Lipinski definition) is 4. The van der Waals surface area contributed by atoms with Gasteiger partial charge in [0.15, 0.2) is 0 Å². The molecule has 0 saturated carbocycles. The molecule has 1 heterocycles. The van der Waals surface area contributed by atoms with E-state index < -0.39 is 10.0 Å². The van der Waals surface area contributed by atoms with Gasteiger partial charge in [-0.1, -0.05) is 19.1 Å². The van der Waals surface area contributed by atoms with Gasteiger partial charge in [-0.15, -0.1) is 0 Å². The fourth-order valence-electron chi connectivity index (χ4n) is 2.98. The summed E-state index contributed by atoms with van der Waals surface area (Å²) in [7, 11) is -3.66. The van der Waals surface area contributed by atoms with Crippen molar-refractivity contribution >= 4 is 21.6 Å². The van der Waals surface area contributed by atoms with Crippen LogP contribution in [-0.4, -0.2) is 45.0 Å². The molecule has 0 spiro atoms. The van der Waals surface area contributed by atoms with Crippen molar-refractivity contribution in [1.29, 1.82) is 0 Å². The van der Waals surface area contributed by atoms with E-state index in [9.17, 15) is 13.2 Å². The molecule has 1 saturated heterocycles. The molecule has 1 fully saturated rings. The number of ether oxygens (including phenoxy) is 1. The number of nitrogens with one attached hydrogen (secondary N) is 1. The van der Waals surface area contributed by atoms with E-state index in [0.717, 1.165) is 12.0 Å². The van der Waals surface area contributed by atoms with Crippen LogP contribution < -0.4 is 4.72 Å². The molecule has 1 unspecified atom stereocenters. The molecule has 7 heteroatoms. The monoisotopic (exact) mass is 388 g/mol. The highest BCUT2D eigenvalue weighted by atomic mass is 32.2. The van der Waals surface area contributed by atoms with E-state index in [4.69, 9.17) is 4.74 Å². The minimum Gasteiger partial charge on any atom is -0.375 e. The summed E-state index contributed by atoms with van der Waals surface area (Å²) in [5.41, 5.74) is 2.02. The van der Waals surface area contributed by atoms with Crippen molar-refractivity contribution in [3.63, 3.8) is 0 Å². The Morgan fingerprint density at radius 2 is 1.81 bits per heavy atom. The molecule has 6 nitrogen and oxygen atoms in total. The molecule has 0 aliphatic carbocycles. The molecule has 2 aromatic rings. The SMILES string of the molecule is CCc1ccc(S(=O)(=O)Nc2ccc(C(=O)N3CCOC(C)C3)cc2)cc1. The Hall–Kier alpha value is -2.38. The largest absolute Gasteiger partial charge is 0.375 e. The number of aryl methyl sites for hydroxylation is 1. The molecule has 0 radical (unpaired) electrons. The Morgan fingerprint density at radius 1 is 1.15 bits per heavy atom. The second-order valence-corrected chi connectivity index (χ2v) is 8.30. The molecular weight excluding hydrogens is 364 g/mol. The fourth-order valence-corrected chi connectivity index (χ4v) is 4.04. The minimum atomic E-state index is -3.66. The van der Waals surface area contributed by atoms with Gasteiger partial charge < -0.3 is 9.64 Å². The molecule has 1 N–H and O–H groups in total. The van der Waals surface area contributed by atoms with Crippen molar-refractivity contribution in [2.24, 2.45) is 0 Å². The maximum Gasteiger partial charge on any atom is 0.261 e. The lowest BCUT2D eigenvalue weighted by Gasteiger charge is -2.31. The number of amides is 1. The third-order valence-corrected chi connectivity index (χ3v) is 5.95. The molecule has 1 aliphatic rings. The van der Waals surface area contributed by atoms with E-state index >= 15 is 0 Å². The number of benzene rings is 2. The molecule has 0 aromatic heterocycles. The van der Waals surface area contributed by atoms with Crippen LogP contribution in [0, 0.1) is 0 Å². The zero-order valence-electron chi connectivity index (χ0n) is 15.5. The summed E-state index contributed by atoms with van der Waals surface area (Å²) in [6, 6.07) is 13.3. The summed E-state index contributed by atoms with van der Waals surface area (Å²) in [5, 5.41) is 0. The Labute approximate surface area is 160 Å². The van der Waals surface area contributed by atoms with Gasteiger partial charge in [0.05, 0.1) is 17.6 Å². The number of rotatable bonds is 5. The van der Waals surface area contributed by atoms with Crippen molar-refractivity contribution in [3.05, 3.63) is 59.7 Å². The van der Waals surface area contributed by atoms with Gasteiger partial charge in [-0.05, 0) is 55.3 Å². The van der Waals surface area contributed by atoms with Gasteiger partial charge in [-0.3, -0.25) is 9.52 Å². The van der Waals surface area contributed by atoms with E-state index in [2.05, 4.69) is 4.72 Å². The smallest absolute Gasteiger partial charge is 0.261 e. The van der Waals surface area contributed by atoms with Crippen molar-refractivity contribution in [1.82, 2.24) is 4.90 Å². The average molecular weight is 388 g/mol. The summed E-state index contributed by atoms with van der Waals surface area (Å²) < 4.78 is 33.0. The summed E-state index contributed by atoms with van der Waals surface area (Å²) in [4.78, 5) is 14.5. The van der Waals surface area contributed by atoms with E-state index in [1.165, 1.54) is 0 Å². The molecule has 0 bridgehead atoms. The van der Waals surface area contributed by atoms with E-state index in [1.54, 1.807) is 53.4 Å². The van der Waals surface area contributed by atoms with Crippen molar-refractivity contribution in [2.75, 3.05) is 24.4 Å². The Bertz CT molecular complexity index is 893. The van der Waals surface area contributed by atoms with Gasteiger partial charge in [0.1, 0.15) is 0 Å². The highest BCUT2D eigenvalue weighted by molar-refractivity contribution is 7.92. The zero-order chi connectivity index (χ0) is 19.4. The summed E-state index contributed by atoms with van der Waals surface area (Å²) in [5.74, 6) is -0.0743. The first-order chi connectivity index (χ1) is 12.9. The standard InChI is InChI=1S/C20H24N2O4S/c1-3-16-4-10-19(11-5-16)27(24,25)21-18-8-6-17(7-9-18)20(23)22-12-13-26-15(2)14-22/h4-11,15,21H,3,12-14H2,1-2H3. The number of hydrogen-bond donors (Lipinski definition) is 1. The number of anilines is 1. The molecule has 3 rings (SSSR count). The van der Waals surface area contributed by atoms with Gasteiger partial charge in [0.2, 0.25) is 0 Å². The van der Waals surface area contributed by atoms with Crippen LogP contribution in [0.25, 0.3) is 0 Å². The Kier molecular flexibility index (Phi) is 5.82. The quantitative estimate of drug-likeness (QED) is 0.855. The number of morpholine rings is 1. The lowest BCUT2D eigenvalue weighted by molar-refractivity contribution is -0.0124. The van der Waals surface area contributed by atoms with Crippen LogP contribution in [0.2, 0.25) is 0 Å². The maximum atomic E-state index is 12.6. The van der Waals surface area contributed by atoms with Gasteiger partial charge >= 0.3 is 0 Å². The van der Waals surface area contributed by atoms with Gasteiger partial charge in [-0.2, -0.15) is 0 Å². The summed E-state index contributed by atoms with van der Waals surface area (Å²) in [6.07, 6.45) is 0.874. The molecule has 1 amide bonds. The molecular formula is C20H24N2O4S. The number of nitrogens with zero attached hydrogens (tertiary/aromatic N) is 1. The van der Waals surface area contributed by atoms with Crippen LogP contribution in [0.1, 0.15) is 29.8 Å². The number of carbonyl (C=O) groups excluding carboxylic acids is 1. The van der Waals surface area contributed by atoms with Gasteiger partial charge in [-0.25, -0.2) is 8.42 Å². The lowest BCUT2D eigenvalue weighted by atomic mass is 10.1. The second kappa shape index (κ2) is 8.10. The van der Waals surface area contributed by atoms with Crippen LogP contribution in [-0.2, 0) is 21.2 Å². The third kappa shape index (κ3) is 4.67. The first-order valence-corrected chi connectivity index (χ1v) is 10.5. The van der Waals surface area contributed by atoms with E-state index in [-0.39, 0.29) is 16.9 Å². The van der Waals surface area contributed by atoms with Crippen LogP contribution in [0.5, 0.6) is 0 Å². The fraction of sp³-hybridized carbons (Fsp3) is 0.350. The second-order valence-electron chi connectivity index (χ2n) is 6.61. The van der Waals surface area contributed by atoms with Crippen molar-refractivity contribution in [2.45, 2.75) is 31.3 Å². The van der Waals surface area contributed by atoms with Crippen LogP contribution >= 0.6 is 0 Å². The minimum absolute atomic E-state index is 0.0212. The predicted molar refractivity (Wildman–Crippen MR) is 104 cm³/mol. The highest BCUT2D eigenvalue weighted by Gasteiger charge is 2.22. The lowest BCUT2D eigenvalue weighted by Crippen LogP contribution is -2.44. The molecule has 144 valence electrons. The summed E-state index contributed by atoms with van der Waals surface area (Å²) in [6.45, 7) is 5.60. The molecule has 2 aromatic carbocycles. The Morgan fingerprint density at radius 3 is 2.41 bits per heavy atom. The third-order valence-electron chi connectivity index (χ3n) is 4.55. The van der Waals surface area contributed by atoms with Crippen LogP contribution in [0.15, 0.2) is 53.4 Å². The Balaban J connectivity index is 1.70. The van der Waals surface area contributed by atoms with Gasteiger partial charge in [0.25, 0.3) is 15.9 Å². The predicted octanol–water partition coefficient (Wildman–Crippen LogP) is 2.91. The molecule has 1 atom stereocenters. The van der Waals surface area contributed by atoms with Gasteiger partial charge in [0, 0.05) is 24.3 Å². The van der Waals surface area contributed by atoms with Crippen LogP contribution in [0.4, 0.5) is 5.69 Å².